The molecule has 1 heterocycles. The zero-order chi connectivity index (χ0) is 12.1. The first-order valence-electron chi connectivity index (χ1n) is 5.46. The third kappa shape index (κ3) is 3.09. The monoisotopic (exact) mass is 222 g/mol. The highest BCUT2D eigenvalue weighted by Crippen LogP contribution is 2.07. The smallest absolute Gasteiger partial charge is 0.128 e. The predicted molar refractivity (Wildman–Crippen MR) is 71.0 cm³/mol. The molecular formula is C15H14N2. The fourth-order valence-corrected chi connectivity index (χ4v) is 1.39. The third-order valence-electron chi connectivity index (χ3n) is 2.33. The van der Waals surface area contributed by atoms with E-state index in [2.05, 4.69) is 16.8 Å². The highest BCUT2D eigenvalue weighted by molar-refractivity contribution is 5.45. The summed E-state index contributed by atoms with van der Waals surface area (Å²) in [4.78, 5) is 6.28. The number of rotatable bonds is 1. The van der Waals surface area contributed by atoms with E-state index in [0.717, 1.165) is 16.9 Å². The van der Waals surface area contributed by atoms with Gasteiger partial charge in [-0.25, -0.2) is 4.98 Å². The molecule has 1 aromatic carbocycles. The van der Waals surface area contributed by atoms with Gasteiger partial charge in [0.1, 0.15) is 5.82 Å². The average Bonchev–Trinajstić information content (AvgIpc) is 2.38. The summed E-state index contributed by atoms with van der Waals surface area (Å²) in [6.45, 7) is 0. The Labute approximate surface area is 102 Å². The van der Waals surface area contributed by atoms with E-state index in [9.17, 15) is 0 Å². The third-order valence-corrected chi connectivity index (χ3v) is 2.33. The lowest BCUT2D eigenvalue weighted by atomic mass is 10.2. The molecule has 84 valence electrons. The van der Waals surface area contributed by atoms with Gasteiger partial charge in [-0.3, -0.25) is 0 Å². The molecule has 17 heavy (non-hydrogen) atoms. The largest absolute Gasteiger partial charge is 0.363 e. The summed E-state index contributed by atoms with van der Waals surface area (Å²) in [6, 6.07) is 13.9. The minimum atomic E-state index is 0.930. The molecule has 0 bridgehead atoms. The minimum absolute atomic E-state index is 0.930. The van der Waals surface area contributed by atoms with Crippen LogP contribution in [0.5, 0.6) is 0 Å². The summed E-state index contributed by atoms with van der Waals surface area (Å²) < 4.78 is 0. The summed E-state index contributed by atoms with van der Waals surface area (Å²) in [7, 11) is 3.94. The molecule has 0 atom stereocenters. The molecule has 0 unspecified atom stereocenters. The van der Waals surface area contributed by atoms with Crippen LogP contribution < -0.4 is 4.90 Å². The van der Waals surface area contributed by atoms with Gasteiger partial charge < -0.3 is 4.90 Å². The molecule has 2 aromatic rings. The van der Waals surface area contributed by atoms with Crippen molar-refractivity contribution >= 4 is 5.82 Å². The predicted octanol–water partition coefficient (Wildman–Crippen LogP) is 2.55. The highest BCUT2D eigenvalue weighted by atomic mass is 15.1. The van der Waals surface area contributed by atoms with E-state index in [0.29, 0.717) is 0 Å². The van der Waals surface area contributed by atoms with Crippen molar-refractivity contribution in [1.29, 1.82) is 0 Å². The molecule has 1 aromatic heterocycles. The Morgan fingerprint density at radius 3 is 2.18 bits per heavy atom. The number of hydrogen-bond acceptors (Lipinski definition) is 2. The van der Waals surface area contributed by atoms with Crippen molar-refractivity contribution in [3.8, 4) is 11.8 Å². The van der Waals surface area contributed by atoms with E-state index in [1.165, 1.54) is 0 Å². The van der Waals surface area contributed by atoms with Crippen LogP contribution in [0.3, 0.4) is 0 Å². The Kier molecular flexibility index (Phi) is 3.42. The molecule has 2 heteroatoms. The summed E-state index contributed by atoms with van der Waals surface area (Å²) in [5.74, 6) is 7.14. The molecule has 0 fully saturated rings. The zero-order valence-electron chi connectivity index (χ0n) is 10.0. The fourth-order valence-electron chi connectivity index (χ4n) is 1.39. The summed E-state index contributed by atoms with van der Waals surface area (Å²) >= 11 is 0. The van der Waals surface area contributed by atoms with Gasteiger partial charge in [-0.2, -0.15) is 0 Å². The SMILES string of the molecule is CN(C)c1ccc(C#Cc2ccccc2)cn1. The van der Waals surface area contributed by atoms with Crippen LogP contribution >= 0.6 is 0 Å². The van der Waals surface area contributed by atoms with Crippen molar-refractivity contribution < 1.29 is 0 Å². The van der Waals surface area contributed by atoms with Crippen molar-refractivity contribution in [2.75, 3.05) is 19.0 Å². The van der Waals surface area contributed by atoms with Crippen LogP contribution in [0.2, 0.25) is 0 Å². The van der Waals surface area contributed by atoms with Gasteiger partial charge in [0.25, 0.3) is 0 Å². The Morgan fingerprint density at radius 2 is 1.59 bits per heavy atom. The van der Waals surface area contributed by atoms with Crippen LogP contribution in [0.4, 0.5) is 5.82 Å². The molecular weight excluding hydrogens is 208 g/mol. The van der Waals surface area contributed by atoms with Crippen LogP contribution in [0.25, 0.3) is 0 Å². The highest BCUT2D eigenvalue weighted by Gasteiger charge is 1.94. The van der Waals surface area contributed by atoms with Gasteiger partial charge in [0.15, 0.2) is 0 Å². The topological polar surface area (TPSA) is 16.1 Å². The summed E-state index contributed by atoms with van der Waals surface area (Å²) in [6.07, 6.45) is 1.80. The number of aromatic nitrogens is 1. The van der Waals surface area contributed by atoms with Crippen LogP contribution in [-0.2, 0) is 0 Å². The Bertz CT molecular complexity index is 531. The van der Waals surface area contributed by atoms with Crippen LogP contribution in [0.15, 0.2) is 48.7 Å². The van der Waals surface area contributed by atoms with E-state index in [1.807, 2.05) is 61.5 Å². The molecule has 0 N–H and O–H groups in total. The van der Waals surface area contributed by atoms with E-state index < -0.39 is 0 Å². The van der Waals surface area contributed by atoms with Gasteiger partial charge in [-0.05, 0) is 24.3 Å². The summed E-state index contributed by atoms with van der Waals surface area (Å²) in [5, 5.41) is 0. The fraction of sp³-hybridized carbons (Fsp3) is 0.133. The van der Waals surface area contributed by atoms with E-state index in [-0.39, 0.29) is 0 Å². The molecule has 0 aliphatic heterocycles. The Morgan fingerprint density at radius 1 is 0.882 bits per heavy atom. The first-order valence-corrected chi connectivity index (χ1v) is 5.46. The second kappa shape index (κ2) is 5.18. The molecule has 0 aliphatic carbocycles. The van der Waals surface area contributed by atoms with Gasteiger partial charge in [-0.1, -0.05) is 30.0 Å². The molecule has 0 saturated heterocycles. The van der Waals surface area contributed by atoms with Crippen molar-refractivity contribution in [2.45, 2.75) is 0 Å². The Hall–Kier alpha value is -2.27. The molecule has 0 saturated carbocycles. The molecule has 0 radical (unpaired) electrons. The maximum atomic E-state index is 4.31. The van der Waals surface area contributed by atoms with Crippen molar-refractivity contribution in [3.05, 3.63) is 59.8 Å². The Balaban J connectivity index is 2.17. The molecule has 0 spiro atoms. The van der Waals surface area contributed by atoms with E-state index in [4.69, 9.17) is 0 Å². The molecule has 2 nitrogen and oxygen atoms in total. The van der Waals surface area contributed by atoms with Crippen molar-refractivity contribution in [1.82, 2.24) is 4.98 Å². The second-order valence-electron chi connectivity index (χ2n) is 3.92. The maximum Gasteiger partial charge on any atom is 0.128 e. The lowest BCUT2D eigenvalue weighted by Crippen LogP contribution is -2.10. The normalized spacial score (nSPS) is 9.29. The molecule has 0 amide bonds. The van der Waals surface area contributed by atoms with Gasteiger partial charge >= 0.3 is 0 Å². The number of hydrogen-bond donors (Lipinski definition) is 0. The number of benzene rings is 1. The lowest BCUT2D eigenvalue weighted by molar-refractivity contribution is 1.07. The first-order chi connectivity index (χ1) is 8.25. The van der Waals surface area contributed by atoms with Gasteiger partial charge in [0, 0.05) is 31.4 Å². The number of pyridine rings is 1. The van der Waals surface area contributed by atoms with Crippen LogP contribution in [0, 0.1) is 11.8 Å². The quantitative estimate of drug-likeness (QED) is 0.689. The number of anilines is 1. The van der Waals surface area contributed by atoms with E-state index in [1.54, 1.807) is 6.20 Å². The van der Waals surface area contributed by atoms with Crippen molar-refractivity contribution in [2.24, 2.45) is 0 Å². The minimum Gasteiger partial charge on any atom is -0.363 e. The summed E-state index contributed by atoms with van der Waals surface area (Å²) in [5.41, 5.74) is 1.95. The first kappa shape index (κ1) is 11.2. The van der Waals surface area contributed by atoms with Gasteiger partial charge in [0.05, 0.1) is 0 Å². The van der Waals surface area contributed by atoms with Gasteiger partial charge in [-0.15, -0.1) is 0 Å². The molecule has 2 rings (SSSR count). The van der Waals surface area contributed by atoms with Crippen LogP contribution in [-0.4, -0.2) is 19.1 Å². The number of nitrogens with zero attached hydrogens (tertiary/aromatic N) is 2. The molecule has 0 aliphatic rings. The lowest BCUT2D eigenvalue weighted by Gasteiger charge is -2.09. The van der Waals surface area contributed by atoms with E-state index >= 15 is 0 Å². The average molecular weight is 222 g/mol. The standard InChI is InChI=1S/C15H14N2/c1-17(2)15-11-10-14(12-16-15)9-8-13-6-4-3-5-7-13/h3-7,10-12H,1-2H3. The second-order valence-corrected chi connectivity index (χ2v) is 3.92. The zero-order valence-corrected chi connectivity index (χ0v) is 10.0. The maximum absolute atomic E-state index is 4.31. The van der Waals surface area contributed by atoms with Gasteiger partial charge in [0.2, 0.25) is 0 Å². The van der Waals surface area contributed by atoms with Crippen molar-refractivity contribution in [3.63, 3.8) is 0 Å². The van der Waals surface area contributed by atoms with Crippen LogP contribution in [0.1, 0.15) is 11.1 Å².